The summed E-state index contributed by atoms with van der Waals surface area (Å²) in [5, 5.41) is 0. The maximum atomic E-state index is 11.2. The molecule has 104 valence electrons. The lowest BCUT2D eigenvalue weighted by Crippen LogP contribution is -2.04. The van der Waals surface area contributed by atoms with Crippen LogP contribution in [-0.4, -0.2) is 33.9 Å². The van der Waals surface area contributed by atoms with Crippen molar-refractivity contribution in [3.8, 4) is 17.2 Å². The fourth-order valence-corrected chi connectivity index (χ4v) is 1.37. The third kappa shape index (κ3) is 4.54. The Bertz CT molecular complexity index is 443. The SMILES string of the molecule is COC(=O)C(C)=CCOc1cc(OC)cc(OC)c1. The highest BCUT2D eigenvalue weighted by atomic mass is 16.5. The van der Waals surface area contributed by atoms with Gasteiger partial charge in [0.05, 0.1) is 21.3 Å². The van der Waals surface area contributed by atoms with Crippen LogP contribution in [0.1, 0.15) is 6.92 Å². The Kier molecular flexibility index (Phi) is 5.73. The number of rotatable bonds is 6. The second-order valence-electron chi connectivity index (χ2n) is 3.74. The summed E-state index contributed by atoms with van der Waals surface area (Å²) in [6.07, 6.45) is 1.65. The summed E-state index contributed by atoms with van der Waals surface area (Å²) in [5.74, 6) is 1.52. The van der Waals surface area contributed by atoms with Gasteiger partial charge in [-0.2, -0.15) is 0 Å². The number of carbonyl (C=O) groups excluding carboxylic acids is 1. The number of hydrogen-bond donors (Lipinski definition) is 0. The summed E-state index contributed by atoms with van der Waals surface area (Å²) in [6, 6.07) is 5.23. The van der Waals surface area contributed by atoms with Crippen molar-refractivity contribution in [2.45, 2.75) is 6.92 Å². The minimum absolute atomic E-state index is 0.261. The molecule has 0 amide bonds. The molecule has 0 unspecified atom stereocenters. The summed E-state index contributed by atoms with van der Waals surface area (Å²) < 4.78 is 20.4. The fraction of sp³-hybridized carbons (Fsp3) is 0.357. The molecule has 0 bridgehead atoms. The van der Waals surface area contributed by atoms with E-state index in [1.165, 1.54) is 7.11 Å². The van der Waals surface area contributed by atoms with Crippen LogP contribution in [0.25, 0.3) is 0 Å². The Hall–Kier alpha value is -2.17. The largest absolute Gasteiger partial charge is 0.496 e. The molecule has 0 saturated carbocycles. The molecule has 0 aliphatic rings. The van der Waals surface area contributed by atoms with Gasteiger partial charge in [-0.3, -0.25) is 0 Å². The standard InChI is InChI=1S/C14H18O5/c1-10(14(15)18-4)5-6-19-13-8-11(16-2)7-12(9-13)17-3/h5,7-9H,6H2,1-4H3. The maximum Gasteiger partial charge on any atom is 0.333 e. The van der Waals surface area contributed by atoms with E-state index in [1.54, 1.807) is 45.4 Å². The molecule has 5 heteroatoms. The van der Waals surface area contributed by atoms with Gasteiger partial charge in [0, 0.05) is 23.8 Å². The first-order valence-electron chi connectivity index (χ1n) is 5.71. The molecule has 0 saturated heterocycles. The van der Waals surface area contributed by atoms with Crippen molar-refractivity contribution in [1.29, 1.82) is 0 Å². The third-order valence-electron chi connectivity index (χ3n) is 2.47. The smallest absolute Gasteiger partial charge is 0.333 e. The van der Waals surface area contributed by atoms with E-state index in [2.05, 4.69) is 4.74 Å². The van der Waals surface area contributed by atoms with Gasteiger partial charge in [0.15, 0.2) is 0 Å². The molecule has 1 rings (SSSR count). The summed E-state index contributed by atoms with van der Waals surface area (Å²) >= 11 is 0. The van der Waals surface area contributed by atoms with E-state index in [4.69, 9.17) is 14.2 Å². The van der Waals surface area contributed by atoms with Crippen LogP contribution in [-0.2, 0) is 9.53 Å². The normalized spacial score (nSPS) is 10.8. The van der Waals surface area contributed by atoms with Crippen molar-refractivity contribution >= 4 is 5.97 Å². The van der Waals surface area contributed by atoms with Crippen LogP contribution in [0.3, 0.4) is 0 Å². The number of ether oxygens (including phenoxy) is 4. The summed E-state index contributed by atoms with van der Waals surface area (Å²) in [4.78, 5) is 11.2. The monoisotopic (exact) mass is 266 g/mol. The van der Waals surface area contributed by atoms with Gasteiger partial charge in [-0.1, -0.05) is 0 Å². The summed E-state index contributed by atoms with van der Waals surface area (Å²) in [6.45, 7) is 1.93. The number of hydrogen-bond acceptors (Lipinski definition) is 5. The Morgan fingerprint density at radius 2 is 1.58 bits per heavy atom. The van der Waals surface area contributed by atoms with Crippen molar-refractivity contribution in [1.82, 2.24) is 0 Å². The topological polar surface area (TPSA) is 54.0 Å². The van der Waals surface area contributed by atoms with Crippen LogP contribution >= 0.6 is 0 Å². The van der Waals surface area contributed by atoms with Gasteiger partial charge in [0.1, 0.15) is 23.9 Å². The van der Waals surface area contributed by atoms with Crippen LogP contribution in [0.5, 0.6) is 17.2 Å². The molecule has 0 aliphatic carbocycles. The summed E-state index contributed by atoms with van der Waals surface area (Å²) in [7, 11) is 4.48. The molecular formula is C14H18O5. The molecule has 19 heavy (non-hydrogen) atoms. The maximum absolute atomic E-state index is 11.2. The zero-order chi connectivity index (χ0) is 14.3. The molecule has 1 aromatic carbocycles. The molecule has 0 fully saturated rings. The van der Waals surface area contributed by atoms with Gasteiger partial charge >= 0.3 is 5.97 Å². The second kappa shape index (κ2) is 7.31. The second-order valence-corrected chi connectivity index (χ2v) is 3.74. The first-order chi connectivity index (χ1) is 9.10. The van der Waals surface area contributed by atoms with E-state index in [0.29, 0.717) is 22.8 Å². The highest BCUT2D eigenvalue weighted by Gasteiger charge is 2.04. The predicted molar refractivity (Wildman–Crippen MR) is 70.8 cm³/mol. The zero-order valence-electron chi connectivity index (χ0n) is 11.6. The van der Waals surface area contributed by atoms with E-state index in [9.17, 15) is 4.79 Å². The van der Waals surface area contributed by atoms with Crippen LogP contribution in [0.2, 0.25) is 0 Å². The van der Waals surface area contributed by atoms with Gasteiger partial charge in [0.2, 0.25) is 0 Å². The van der Waals surface area contributed by atoms with E-state index in [-0.39, 0.29) is 12.6 Å². The molecule has 1 aromatic rings. The van der Waals surface area contributed by atoms with Crippen molar-refractivity contribution < 1.29 is 23.7 Å². The van der Waals surface area contributed by atoms with Crippen LogP contribution in [0.15, 0.2) is 29.8 Å². The lowest BCUT2D eigenvalue weighted by Gasteiger charge is -2.09. The molecule has 0 N–H and O–H groups in total. The lowest BCUT2D eigenvalue weighted by molar-refractivity contribution is -0.136. The van der Waals surface area contributed by atoms with E-state index < -0.39 is 0 Å². The molecule has 0 radical (unpaired) electrons. The third-order valence-corrected chi connectivity index (χ3v) is 2.47. The zero-order valence-corrected chi connectivity index (χ0v) is 11.6. The number of esters is 1. The van der Waals surface area contributed by atoms with E-state index in [1.807, 2.05) is 0 Å². The average molecular weight is 266 g/mol. The molecule has 0 spiro atoms. The number of methoxy groups -OCH3 is 3. The number of benzene rings is 1. The predicted octanol–water partition coefficient (Wildman–Crippen LogP) is 2.20. The van der Waals surface area contributed by atoms with Crippen LogP contribution in [0, 0.1) is 0 Å². The highest BCUT2D eigenvalue weighted by Crippen LogP contribution is 2.27. The van der Waals surface area contributed by atoms with Gasteiger partial charge in [-0.15, -0.1) is 0 Å². The van der Waals surface area contributed by atoms with Gasteiger partial charge in [0.25, 0.3) is 0 Å². The van der Waals surface area contributed by atoms with Crippen LogP contribution < -0.4 is 14.2 Å². The van der Waals surface area contributed by atoms with Crippen molar-refractivity contribution in [3.63, 3.8) is 0 Å². The van der Waals surface area contributed by atoms with Gasteiger partial charge in [-0.05, 0) is 13.0 Å². The Balaban J connectivity index is 2.70. The Labute approximate surface area is 112 Å². The lowest BCUT2D eigenvalue weighted by atomic mass is 10.3. The summed E-state index contributed by atoms with van der Waals surface area (Å²) in [5.41, 5.74) is 0.498. The number of carbonyl (C=O) groups is 1. The Morgan fingerprint density at radius 1 is 1.05 bits per heavy atom. The molecule has 0 heterocycles. The molecule has 0 atom stereocenters. The molecule has 0 aromatic heterocycles. The minimum atomic E-state index is -0.369. The fourth-order valence-electron chi connectivity index (χ4n) is 1.37. The van der Waals surface area contributed by atoms with Gasteiger partial charge < -0.3 is 18.9 Å². The molecular weight excluding hydrogens is 248 g/mol. The van der Waals surface area contributed by atoms with Crippen molar-refractivity contribution in [3.05, 3.63) is 29.8 Å². The van der Waals surface area contributed by atoms with Crippen LogP contribution in [0.4, 0.5) is 0 Å². The average Bonchev–Trinajstić information content (AvgIpc) is 2.45. The minimum Gasteiger partial charge on any atom is -0.496 e. The molecule has 0 aliphatic heterocycles. The van der Waals surface area contributed by atoms with E-state index >= 15 is 0 Å². The van der Waals surface area contributed by atoms with Crippen molar-refractivity contribution in [2.75, 3.05) is 27.9 Å². The first-order valence-corrected chi connectivity index (χ1v) is 5.71. The van der Waals surface area contributed by atoms with Crippen molar-refractivity contribution in [2.24, 2.45) is 0 Å². The molecule has 5 nitrogen and oxygen atoms in total. The highest BCUT2D eigenvalue weighted by molar-refractivity contribution is 5.87. The van der Waals surface area contributed by atoms with Gasteiger partial charge in [-0.25, -0.2) is 4.79 Å². The van der Waals surface area contributed by atoms with E-state index in [0.717, 1.165) is 0 Å². The Morgan fingerprint density at radius 3 is 2.05 bits per heavy atom. The quantitative estimate of drug-likeness (QED) is 0.583. The first kappa shape index (κ1) is 14.9.